The Kier molecular flexibility index (Phi) is 9.18. The third-order valence-corrected chi connectivity index (χ3v) is 8.16. The number of likely N-dealkylation sites (tertiary alicyclic amines) is 1. The van der Waals surface area contributed by atoms with E-state index < -0.39 is 5.41 Å². The van der Waals surface area contributed by atoms with Crippen molar-refractivity contribution >= 4 is 23.4 Å². The van der Waals surface area contributed by atoms with Gasteiger partial charge in [0.15, 0.2) is 0 Å². The SMILES string of the molecule is O=C1NCCNC(=O)C2(CC=CCOc3ccccc31)CCCN(CC(=O)N1CCN(c3ccccc3F)CC1)C2. The first-order chi connectivity index (χ1) is 19.9. The number of fused-ring (bicyclic) bond motifs is 1. The van der Waals surface area contributed by atoms with E-state index in [1.165, 1.54) is 6.07 Å². The predicted molar refractivity (Wildman–Crippen MR) is 154 cm³/mol. The summed E-state index contributed by atoms with van der Waals surface area (Å²) in [6.07, 6.45) is 5.90. The zero-order valence-corrected chi connectivity index (χ0v) is 23.3. The first kappa shape index (κ1) is 28.6. The molecule has 10 heteroatoms. The van der Waals surface area contributed by atoms with Gasteiger partial charge in [-0.2, -0.15) is 0 Å². The zero-order valence-electron chi connectivity index (χ0n) is 23.3. The molecule has 2 aromatic rings. The quantitative estimate of drug-likeness (QED) is 0.558. The number of benzene rings is 2. The first-order valence-corrected chi connectivity index (χ1v) is 14.4. The first-order valence-electron chi connectivity index (χ1n) is 14.4. The van der Waals surface area contributed by atoms with Gasteiger partial charge in [0.05, 0.1) is 23.2 Å². The minimum Gasteiger partial charge on any atom is -0.489 e. The summed E-state index contributed by atoms with van der Waals surface area (Å²) in [6.45, 7) is 4.57. The Balaban J connectivity index is 1.20. The minimum atomic E-state index is -0.676. The number of para-hydroxylation sites is 2. The van der Waals surface area contributed by atoms with Gasteiger partial charge in [-0.05, 0) is 50.1 Å². The number of carbonyl (C=O) groups excluding carboxylic acids is 3. The number of piperidine rings is 1. The van der Waals surface area contributed by atoms with Crippen LogP contribution >= 0.6 is 0 Å². The van der Waals surface area contributed by atoms with Crippen molar-refractivity contribution in [2.75, 3.05) is 70.4 Å². The van der Waals surface area contributed by atoms with E-state index in [0.29, 0.717) is 75.7 Å². The smallest absolute Gasteiger partial charge is 0.255 e. The van der Waals surface area contributed by atoms with E-state index in [1.807, 2.05) is 34.1 Å². The van der Waals surface area contributed by atoms with Crippen LogP contribution in [0.3, 0.4) is 0 Å². The second-order valence-electron chi connectivity index (χ2n) is 10.9. The lowest BCUT2D eigenvalue weighted by Crippen LogP contribution is -2.56. The van der Waals surface area contributed by atoms with Crippen molar-refractivity contribution in [2.24, 2.45) is 5.41 Å². The van der Waals surface area contributed by atoms with Gasteiger partial charge >= 0.3 is 0 Å². The molecule has 3 amide bonds. The third kappa shape index (κ3) is 6.87. The van der Waals surface area contributed by atoms with Crippen molar-refractivity contribution in [3.05, 3.63) is 72.1 Å². The van der Waals surface area contributed by atoms with Crippen molar-refractivity contribution in [2.45, 2.75) is 19.3 Å². The number of nitrogens with zero attached hydrogens (tertiary/aromatic N) is 3. The third-order valence-electron chi connectivity index (χ3n) is 8.16. The van der Waals surface area contributed by atoms with Crippen LogP contribution in [-0.4, -0.2) is 93.0 Å². The number of halogens is 1. The molecule has 3 aliphatic rings. The maximum absolute atomic E-state index is 14.2. The summed E-state index contributed by atoms with van der Waals surface area (Å²) in [5, 5.41) is 5.88. The summed E-state index contributed by atoms with van der Waals surface area (Å²) in [4.78, 5) is 45.3. The maximum Gasteiger partial charge on any atom is 0.255 e. The molecule has 0 aliphatic carbocycles. The molecule has 1 spiro atoms. The van der Waals surface area contributed by atoms with Crippen LogP contribution in [0, 0.1) is 11.2 Å². The fourth-order valence-electron chi connectivity index (χ4n) is 5.93. The van der Waals surface area contributed by atoms with Crippen LogP contribution in [0.4, 0.5) is 10.1 Å². The van der Waals surface area contributed by atoms with Crippen LogP contribution in [0.5, 0.6) is 5.75 Å². The lowest BCUT2D eigenvalue weighted by molar-refractivity contribution is -0.139. The molecule has 3 heterocycles. The molecule has 1 unspecified atom stereocenters. The summed E-state index contributed by atoms with van der Waals surface area (Å²) in [6, 6.07) is 13.8. The van der Waals surface area contributed by atoms with E-state index in [1.54, 1.807) is 30.3 Å². The number of nitrogens with one attached hydrogen (secondary N) is 2. The van der Waals surface area contributed by atoms with E-state index in [-0.39, 0.29) is 36.7 Å². The fourth-order valence-corrected chi connectivity index (χ4v) is 5.93. The number of rotatable bonds is 3. The molecule has 2 aromatic carbocycles. The second kappa shape index (κ2) is 13.2. The van der Waals surface area contributed by atoms with Crippen LogP contribution in [-0.2, 0) is 9.59 Å². The molecule has 0 radical (unpaired) electrons. The van der Waals surface area contributed by atoms with Crippen molar-refractivity contribution in [1.29, 1.82) is 0 Å². The molecule has 2 N–H and O–H groups in total. The van der Waals surface area contributed by atoms with E-state index in [2.05, 4.69) is 15.5 Å². The Morgan fingerprint density at radius 1 is 0.927 bits per heavy atom. The molecular weight excluding hydrogens is 525 g/mol. The summed E-state index contributed by atoms with van der Waals surface area (Å²) < 4.78 is 20.1. The Hall–Kier alpha value is -3.92. The van der Waals surface area contributed by atoms with Gasteiger partial charge in [0.2, 0.25) is 11.8 Å². The highest BCUT2D eigenvalue weighted by atomic mass is 19.1. The van der Waals surface area contributed by atoms with Gasteiger partial charge in [0.25, 0.3) is 5.91 Å². The van der Waals surface area contributed by atoms with Crippen LogP contribution < -0.4 is 20.3 Å². The number of piperazine rings is 1. The largest absolute Gasteiger partial charge is 0.489 e. The molecule has 218 valence electrons. The average molecular weight is 564 g/mol. The Morgan fingerprint density at radius 3 is 2.51 bits per heavy atom. The van der Waals surface area contributed by atoms with Crippen LogP contribution in [0.25, 0.3) is 0 Å². The van der Waals surface area contributed by atoms with E-state index in [4.69, 9.17) is 4.74 Å². The molecule has 1 atom stereocenters. The highest BCUT2D eigenvalue weighted by Crippen LogP contribution is 2.34. The van der Waals surface area contributed by atoms with E-state index in [0.717, 1.165) is 13.0 Å². The van der Waals surface area contributed by atoms with Gasteiger partial charge < -0.3 is 25.2 Å². The highest BCUT2D eigenvalue weighted by Gasteiger charge is 2.42. The molecule has 9 nitrogen and oxygen atoms in total. The summed E-state index contributed by atoms with van der Waals surface area (Å²) >= 11 is 0. The molecule has 0 saturated carbocycles. The topological polar surface area (TPSA) is 94.2 Å². The molecule has 0 bridgehead atoms. The number of anilines is 1. The molecule has 41 heavy (non-hydrogen) atoms. The van der Waals surface area contributed by atoms with Crippen molar-refractivity contribution in [3.8, 4) is 5.75 Å². The molecule has 5 rings (SSSR count). The van der Waals surface area contributed by atoms with Gasteiger partial charge in [-0.15, -0.1) is 0 Å². The molecule has 2 saturated heterocycles. The molecular formula is C31H38FN5O4. The highest BCUT2D eigenvalue weighted by molar-refractivity contribution is 5.97. The van der Waals surface area contributed by atoms with Gasteiger partial charge in [-0.3, -0.25) is 19.3 Å². The maximum atomic E-state index is 14.2. The number of hydrogen-bond acceptors (Lipinski definition) is 6. The minimum absolute atomic E-state index is 0.0295. The number of hydrogen-bond donors (Lipinski definition) is 2. The Bertz CT molecular complexity index is 1280. The summed E-state index contributed by atoms with van der Waals surface area (Å²) in [7, 11) is 0. The lowest BCUT2D eigenvalue weighted by atomic mass is 9.76. The predicted octanol–water partition coefficient (Wildman–Crippen LogP) is 2.44. The normalized spacial score (nSPS) is 22.8. The van der Waals surface area contributed by atoms with Gasteiger partial charge in [-0.1, -0.05) is 36.4 Å². The van der Waals surface area contributed by atoms with Crippen LogP contribution in [0.1, 0.15) is 29.6 Å². The van der Waals surface area contributed by atoms with Crippen LogP contribution in [0.2, 0.25) is 0 Å². The lowest BCUT2D eigenvalue weighted by Gasteiger charge is -2.42. The number of allylic oxidation sites excluding steroid dienone is 1. The number of ether oxygens (including phenoxy) is 1. The Morgan fingerprint density at radius 2 is 1.68 bits per heavy atom. The monoisotopic (exact) mass is 563 g/mol. The van der Waals surface area contributed by atoms with E-state index in [9.17, 15) is 18.8 Å². The van der Waals surface area contributed by atoms with Crippen LogP contribution in [0.15, 0.2) is 60.7 Å². The van der Waals surface area contributed by atoms with Crippen molar-refractivity contribution in [1.82, 2.24) is 20.4 Å². The number of carbonyl (C=O) groups is 3. The zero-order chi connectivity index (χ0) is 28.7. The Labute approximate surface area is 240 Å². The fraction of sp³-hybridized carbons (Fsp3) is 0.452. The number of amides is 3. The van der Waals surface area contributed by atoms with Gasteiger partial charge in [-0.25, -0.2) is 4.39 Å². The summed E-state index contributed by atoms with van der Waals surface area (Å²) in [5.74, 6) is -0.0160. The second-order valence-corrected chi connectivity index (χ2v) is 10.9. The van der Waals surface area contributed by atoms with Crippen molar-refractivity contribution in [3.63, 3.8) is 0 Å². The average Bonchev–Trinajstić information content (AvgIpc) is 2.99. The van der Waals surface area contributed by atoms with E-state index >= 15 is 0 Å². The molecule has 2 fully saturated rings. The standard InChI is InChI=1S/C31H38FN5O4/c32-25-9-2-3-10-26(25)36-17-19-37(20-18-36)28(38)22-35-16-7-13-31(23-35)12-5-6-21-41-27-11-4-1-8-24(27)29(39)33-14-15-34-30(31)40/h1-6,8-11H,7,12-23H2,(H,33,39)(H,34,40). The molecule has 0 aromatic heterocycles. The van der Waals surface area contributed by atoms with Gasteiger partial charge in [0.1, 0.15) is 18.2 Å². The van der Waals surface area contributed by atoms with Gasteiger partial charge in [0, 0.05) is 45.8 Å². The summed E-state index contributed by atoms with van der Waals surface area (Å²) in [5.41, 5.74) is 0.353. The van der Waals surface area contributed by atoms with Crippen molar-refractivity contribution < 1.29 is 23.5 Å². The molecule has 3 aliphatic heterocycles.